The van der Waals surface area contributed by atoms with Crippen molar-refractivity contribution in [1.82, 2.24) is 28.7 Å². The molecule has 0 aromatic carbocycles. The van der Waals surface area contributed by atoms with Crippen molar-refractivity contribution in [2.75, 3.05) is 0 Å². The maximum Gasteiger partial charge on any atom is 0.219 e. The lowest BCUT2D eigenvalue weighted by molar-refractivity contribution is 0.375. The van der Waals surface area contributed by atoms with Crippen LogP contribution in [0.2, 0.25) is 0 Å². The molecule has 8 nitrogen and oxygen atoms in total. The molecule has 0 fully saturated rings. The Morgan fingerprint density at radius 3 is 1.32 bits per heavy atom. The lowest BCUT2D eigenvalue weighted by atomic mass is 9.90. The number of nitrogens with zero attached hydrogens (tertiary/aromatic N) is 6. The van der Waals surface area contributed by atoms with E-state index in [1.54, 1.807) is 22.6 Å². The number of fused-ring (bicyclic) bond motifs is 2. The molecule has 0 saturated carbocycles. The highest BCUT2D eigenvalue weighted by Crippen LogP contribution is 2.33. The number of aryl methyl sites for hydroxylation is 4. The van der Waals surface area contributed by atoms with Crippen molar-refractivity contribution in [3.05, 3.63) is 35.2 Å². The van der Waals surface area contributed by atoms with E-state index in [2.05, 4.69) is 51.5 Å². The molecule has 4 heterocycles. The van der Waals surface area contributed by atoms with E-state index in [-0.39, 0.29) is 22.6 Å². The Morgan fingerprint density at radius 2 is 1.00 bits per heavy atom. The highest BCUT2D eigenvalue weighted by molar-refractivity contribution is 5.82. The molecule has 182 valence electrons. The van der Waals surface area contributed by atoms with Crippen molar-refractivity contribution in [3.8, 4) is 23.1 Å². The van der Waals surface area contributed by atoms with Gasteiger partial charge in [0, 0.05) is 12.4 Å². The number of rotatable bonds is 5. The second-order valence-corrected chi connectivity index (χ2v) is 11.7. The third-order valence-electron chi connectivity index (χ3n) is 6.08. The van der Waals surface area contributed by atoms with E-state index in [9.17, 15) is 10.2 Å². The molecule has 8 heteroatoms. The molecule has 0 unspecified atom stereocenters. The molecular formula is C26H36N6O2. The van der Waals surface area contributed by atoms with E-state index in [4.69, 9.17) is 9.97 Å². The Hall–Kier alpha value is -3.16. The Balaban J connectivity index is 1.96. The van der Waals surface area contributed by atoms with Crippen LogP contribution in [0.5, 0.6) is 11.8 Å². The summed E-state index contributed by atoms with van der Waals surface area (Å²) in [6, 6.07) is 0. The molecule has 4 aromatic rings. The van der Waals surface area contributed by atoms with Crippen LogP contribution < -0.4 is 0 Å². The first-order valence-electron chi connectivity index (χ1n) is 11.9. The number of imidazole rings is 2. The van der Waals surface area contributed by atoms with Gasteiger partial charge in [0.1, 0.15) is 22.8 Å². The van der Waals surface area contributed by atoms with Gasteiger partial charge in [-0.2, -0.15) is 0 Å². The fraction of sp³-hybridized carbons (Fsp3) is 0.538. The first-order valence-corrected chi connectivity index (χ1v) is 11.9. The van der Waals surface area contributed by atoms with Crippen molar-refractivity contribution in [2.45, 2.75) is 81.1 Å². The number of hydrogen-bond acceptors (Lipinski definition) is 6. The van der Waals surface area contributed by atoms with Gasteiger partial charge < -0.3 is 10.2 Å². The molecule has 0 radical (unpaired) electrons. The van der Waals surface area contributed by atoms with Gasteiger partial charge >= 0.3 is 0 Å². The summed E-state index contributed by atoms with van der Waals surface area (Å²) in [7, 11) is 0. The summed E-state index contributed by atoms with van der Waals surface area (Å²) in [6.07, 6.45) is 7.10. The van der Waals surface area contributed by atoms with Gasteiger partial charge in [-0.15, -0.1) is 0 Å². The molecule has 0 atom stereocenters. The average molecular weight is 465 g/mol. The maximum atomic E-state index is 10.7. The molecule has 0 spiro atoms. The smallest absolute Gasteiger partial charge is 0.219 e. The van der Waals surface area contributed by atoms with Crippen molar-refractivity contribution in [1.29, 1.82) is 0 Å². The molecule has 4 rings (SSSR count). The van der Waals surface area contributed by atoms with Gasteiger partial charge in [-0.05, 0) is 50.4 Å². The minimum atomic E-state index is 0.0953. The van der Waals surface area contributed by atoms with Gasteiger partial charge in [0.15, 0.2) is 11.3 Å². The highest BCUT2D eigenvalue weighted by Gasteiger charge is 2.23. The molecule has 0 amide bonds. The molecule has 0 aliphatic heterocycles. The zero-order valence-corrected chi connectivity index (χ0v) is 21.6. The quantitative estimate of drug-likeness (QED) is 0.409. The van der Waals surface area contributed by atoms with Crippen LogP contribution in [0.15, 0.2) is 12.4 Å². The van der Waals surface area contributed by atoms with Crippen LogP contribution >= 0.6 is 0 Å². The van der Waals surface area contributed by atoms with Crippen LogP contribution in [-0.4, -0.2) is 39.0 Å². The summed E-state index contributed by atoms with van der Waals surface area (Å²) in [5.41, 5.74) is 5.20. The van der Waals surface area contributed by atoms with Crippen molar-refractivity contribution < 1.29 is 10.2 Å². The summed E-state index contributed by atoms with van der Waals surface area (Å²) in [5.74, 6) is 0.191. The predicted molar refractivity (Wildman–Crippen MR) is 133 cm³/mol. The molecular weight excluding hydrogens is 428 g/mol. The second kappa shape index (κ2) is 8.25. The summed E-state index contributed by atoms with van der Waals surface area (Å²) in [4.78, 5) is 19.2. The van der Waals surface area contributed by atoms with Crippen LogP contribution in [0.4, 0.5) is 0 Å². The monoisotopic (exact) mass is 464 g/mol. The van der Waals surface area contributed by atoms with Crippen molar-refractivity contribution in [3.63, 3.8) is 0 Å². The summed E-state index contributed by atoms with van der Waals surface area (Å²) in [5, 5.41) is 21.4. The summed E-state index contributed by atoms with van der Waals surface area (Å²) in [6.45, 7) is 16.7. The SMILES string of the molecule is Cc1nc2c(-c3nc(CCC(C)(C)C)cn4c(O)c(C)nc34)nc(CCC(C)(C)C)cn2c1O. The number of aromatic hydroxyl groups is 2. The van der Waals surface area contributed by atoms with Crippen molar-refractivity contribution >= 4 is 11.3 Å². The van der Waals surface area contributed by atoms with E-state index >= 15 is 0 Å². The van der Waals surface area contributed by atoms with E-state index in [0.717, 1.165) is 37.1 Å². The largest absolute Gasteiger partial charge is 0.493 e. The van der Waals surface area contributed by atoms with Crippen LogP contribution in [0.25, 0.3) is 22.7 Å². The van der Waals surface area contributed by atoms with Gasteiger partial charge in [0.25, 0.3) is 0 Å². The topological polar surface area (TPSA) is 101 Å². The van der Waals surface area contributed by atoms with Crippen LogP contribution in [-0.2, 0) is 12.8 Å². The van der Waals surface area contributed by atoms with Crippen molar-refractivity contribution in [2.24, 2.45) is 10.8 Å². The van der Waals surface area contributed by atoms with E-state index in [0.29, 0.717) is 34.1 Å². The number of hydrogen-bond donors (Lipinski definition) is 2. The van der Waals surface area contributed by atoms with E-state index in [1.165, 1.54) is 0 Å². The molecule has 0 aliphatic carbocycles. The third-order valence-corrected chi connectivity index (χ3v) is 6.08. The Bertz CT molecular complexity index is 1260. The fourth-order valence-electron chi connectivity index (χ4n) is 3.96. The summed E-state index contributed by atoms with van der Waals surface area (Å²) >= 11 is 0. The van der Waals surface area contributed by atoms with Crippen LogP contribution in [0.1, 0.15) is 77.2 Å². The van der Waals surface area contributed by atoms with E-state index in [1.807, 2.05) is 12.4 Å². The van der Waals surface area contributed by atoms with Gasteiger partial charge in [-0.25, -0.2) is 19.9 Å². The molecule has 0 bridgehead atoms. The standard InChI is InChI=1S/C26H36N6O2/c1-15-23(33)31-13-17(9-11-25(3,4)5)29-19(21(31)27-15)20-22-28-16(2)24(34)32(22)14-18(30-20)10-12-26(6,7)8/h13-14,33-34H,9-12H2,1-8H3. The van der Waals surface area contributed by atoms with Gasteiger partial charge in [0.05, 0.1) is 11.4 Å². The van der Waals surface area contributed by atoms with E-state index < -0.39 is 0 Å². The Morgan fingerprint density at radius 1 is 0.647 bits per heavy atom. The first kappa shape index (κ1) is 24.0. The normalized spacial score (nSPS) is 12.8. The molecule has 2 N–H and O–H groups in total. The van der Waals surface area contributed by atoms with Gasteiger partial charge in [-0.1, -0.05) is 41.5 Å². The second-order valence-electron chi connectivity index (χ2n) is 11.7. The minimum Gasteiger partial charge on any atom is -0.493 e. The van der Waals surface area contributed by atoms with Gasteiger partial charge in [0.2, 0.25) is 11.8 Å². The fourth-order valence-corrected chi connectivity index (χ4v) is 3.96. The average Bonchev–Trinajstić information content (AvgIpc) is 3.18. The maximum absolute atomic E-state index is 10.7. The Labute approximate surface area is 200 Å². The Kier molecular flexibility index (Phi) is 5.82. The first-order chi connectivity index (χ1) is 15.7. The number of aromatic nitrogens is 6. The lowest BCUT2D eigenvalue weighted by Gasteiger charge is -2.18. The zero-order chi connectivity index (χ0) is 25.0. The minimum absolute atomic E-state index is 0.0953. The lowest BCUT2D eigenvalue weighted by Crippen LogP contribution is -2.10. The predicted octanol–water partition coefficient (Wildman–Crippen LogP) is 5.42. The van der Waals surface area contributed by atoms with Crippen LogP contribution in [0.3, 0.4) is 0 Å². The van der Waals surface area contributed by atoms with Gasteiger partial charge in [-0.3, -0.25) is 8.80 Å². The molecule has 4 aromatic heterocycles. The molecule has 34 heavy (non-hydrogen) atoms. The zero-order valence-electron chi connectivity index (χ0n) is 21.6. The third kappa shape index (κ3) is 4.72. The molecule has 0 aliphatic rings. The highest BCUT2D eigenvalue weighted by atomic mass is 16.3. The van der Waals surface area contributed by atoms with Crippen LogP contribution in [0, 0.1) is 24.7 Å². The molecule has 0 saturated heterocycles. The summed E-state index contributed by atoms with van der Waals surface area (Å²) < 4.78 is 3.37.